The van der Waals surface area contributed by atoms with Gasteiger partial charge in [-0.1, -0.05) is 25.5 Å². The molecule has 0 fully saturated rings. The molecule has 0 saturated heterocycles. The molecule has 0 amide bonds. The van der Waals surface area contributed by atoms with Gasteiger partial charge < -0.3 is 0 Å². The van der Waals surface area contributed by atoms with Crippen molar-refractivity contribution in [3.63, 3.8) is 0 Å². The van der Waals surface area contributed by atoms with Crippen molar-refractivity contribution in [2.75, 3.05) is 4.72 Å². The third-order valence-corrected chi connectivity index (χ3v) is 4.30. The maximum atomic E-state index is 12.2. The van der Waals surface area contributed by atoms with Crippen LogP contribution in [0.3, 0.4) is 0 Å². The number of nitrogens with one attached hydrogen (secondary N) is 1. The van der Waals surface area contributed by atoms with Crippen LogP contribution in [0.2, 0.25) is 0 Å². The van der Waals surface area contributed by atoms with Crippen LogP contribution in [0.1, 0.15) is 24.5 Å². The van der Waals surface area contributed by atoms with Crippen LogP contribution in [0, 0.1) is 6.92 Å². The highest BCUT2D eigenvalue weighted by molar-refractivity contribution is 7.92. The highest BCUT2D eigenvalue weighted by Crippen LogP contribution is 2.16. The first-order chi connectivity index (χ1) is 9.51. The van der Waals surface area contributed by atoms with Gasteiger partial charge in [0.05, 0.1) is 4.90 Å². The topological polar surface area (TPSA) is 59.1 Å². The molecular weight excluding hydrogens is 272 g/mol. The van der Waals surface area contributed by atoms with Gasteiger partial charge in [0.25, 0.3) is 10.0 Å². The summed E-state index contributed by atoms with van der Waals surface area (Å²) in [5.74, 6) is 0.336. The van der Waals surface area contributed by atoms with Crippen molar-refractivity contribution in [3.8, 4) is 0 Å². The third kappa shape index (κ3) is 3.57. The molecule has 1 N–H and O–H groups in total. The Labute approximate surface area is 119 Å². The maximum absolute atomic E-state index is 12.2. The van der Waals surface area contributed by atoms with E-state index in [-0.39, 0.29) is 4.90 Å². The highest BCUT2D eigenvalue weighted by Gasteiger charge is 2.14. The second-order valence-corrected chi connectivity index (χ2v) is 6.40. The van der Waals surface area contributed by atoms with Crippen LogP contribution in [0.5, 0.6) is 0 Å². The molecular formula is C15H18N2O2S. The summed E-state index contributed by atoms with van der Waals surface area (Å²) in [6.45, 7) is 3.98. The fraction of sp³-hybridized carbons (Fsp3) is 0.267. The van der Waals surface area contributed by atoms with Crippen molar-refractivity contribution in [3.05, 3.63) is 53.7 Å². The summed E-state index contributed by atoms with van der Waals surface area (Å²) in [5.41, 5.74) is 2.09. The molecule has 0 spiro atoms. The van der Waals surface area contributed by atoms with E-state index in [9.17, 15) is 8.42 Å². The monoisotopic (exact) mass is 290 g/mol. The van der Waals surface area contributed by atoms with E-state index < -0.39 is 10.0 Å². The van der Waals surface area contributed by atoms with Gasteiger partial charge in [0.2, 0.25) is 0 Å². The number of benzene rings is 1. The number of pyridine rings is 1. The van der Waals surface area contributed by atoms with Crippen molar-refractivity contribution in [2.45, 2.75) is 31.6 Å². The Hall–Kier alpha value is -1.88. The number of nitrogens with zero attached hydrogens (tertiary/aromatic N) is 1. The predicted molar refractivity (Wildman–Crippen MR) is 80.2 cm³/mol. The van der Waals surface area contributed by atoms with E-state index in [0.717, 1.165) is 24.0 Å². The smallest absolute Gasteiger partial charge is 0.263 e. The SMILES string of the molecule is CCCc1ccc(S(=O)(=O)Nc2cc(C)ccn2)cc1. The average Bonchev–Trinajstić information content (AvgIpc) is 2.39. The van der Waals surface area contributed by atoms with Crippen molar-refractivity contribution in [2.24, 2.45) is 0 Å². The van der Waals surface area contributed by atoms with Crippen LogP contribution >= 0.6 is 0 Å². The first-order valence-electron chi connectivity index (χ1n) is 6.55. The lowest BCUT2D eigenvalue weighted by atomic mass is 10.1. The van der Waals surface area contributed by atoms with E-state index in [4.69, 9.17) is 0 Å². The zero-order valence-electron chi connectivity index (χ0n) is 11.6. The Morgan fingerprint density at radius 1 is 1.15 bits per heavy atom. The highest BCUT2D eigenvalue weighted by atomic mass is 32.2. The molecule has 0 atom stereocenters. The molecule has 106 valence electrons. The van der Waals surface area contributed by atoms with Gasteiger partial charge in [0, 0.05) is 6.20 Å². The largest absolute Gasteiger partial charge is 0.263 e. The Balaban J connectivity index is 2.21. The van der Waals surface area contributed by atoms with E-state index in [1.54, 1.807) is 24.4 Å². The molecule has 0 aliphatic carbocycles. The number of aryl methyl sites for hydroxylation is 2. The fourth-order valence-electron chi connectivity index (χ4n) is 1.91. The number of hydrogen-bond donors (Lipinski definition) is 1. The zero-order chi connectivity index (χ0) is 14.6. The van der Waals surface area contributed by atoms with Crippen LogP contribution in [0.4, 0.5) is 5.82 Å². The molecule has 0 aliphatic heterocycles. The van der Waals surface area contributed by atoms with Gasteiger partial charge in [-0.05, 0) is 48.7 Å². The summed E-state index contributed by atoms with van der Waals surface area (Å²) >= 11 is 0. The number of aromatic nitrogens is 1. The average molecular weight is 290 g/mol. The van der Waals surface area contributed by atoms with Gasteiger partial charge in [-0.25, -0.2) is 13.4 Å². The lowest BCUT2D eigenvalue weighted by Gasteiger charge is -2.08. The number of anilines is 1. The van der Waals surface area contributed by atoms with Gasteiger partial charge in [-0.15, -0.1) is 0 Å². The molecule has 1 heterocycles. The predicted octanol–water partition coefficient (Wildman–Crippen LogP) is 3.14. The molecule has 1 aromatic heterocycles. The molecule has 20 heavy (non-hydrogen) atoms. The molecule has 4 nitrogen and oxygen atoms in total. The van der Waals surface area contributed by atoms with Gasteiger partial charge in [0.1, 0.15) is 5.82 Å². The first kappa shape index (κ1) is 14.5. The second kappa shape index (κ2) is 6.05. The molecule has 1 aromatic carbocycles. The fourth-order valence-corrected chi connectivity index (χ4v) is 2.91. The van der Waals surface area contributed by atoms with Crippen LogP contribution in [0.25, 0.3) is 0 Å². The van der Waals surface area contributed by atoms with Crippen molar-refractivity contribution >= 4 is 15.8 Å². The zero-order valence-corrected chi connectivity index (χ0v) is 12.4. The molecule has 5 heteroatoms. The van der Waals surface area contributed by atoms with Crippen molar-refractivity contribution < 1.29 is 8.42 Å². The van der Waals surface area contributed by atoms with Gasteiger partial charge >= 0.3 is 0 Å². The molecule has 0 unspecified atom stereocenters. The van der Waals surface area contributed by atoms with Gasteiger partial charge in [-0.3, -0.25) is 4.72 Å². The molecule has 2 rings (SSSR count). The summed E-state index contributed by atoms with van der Waals surface area (Å²) in [6, 6.07) is 10.5. The van der Waals surface area contributed by atoms with Crippen molar-refractivity contribution in [1.29, 1.82) is 0 Å². The molecule has 0 saturated carbocycles. The summed E-state index contributed by atoms with van der Waals surface area (Å²) in [6.07, 6.45) is 3.57. The lowest BCUT2D eigenvalue weighted by molar-refractivity contribution is 0.601. The second-order valence-electron chi connectivity index (χ2n) is 4.72. The summed E-state index contributed by atoms with van der Waals surface area (Å²) in [7, 11) is -3.57. The maximum Gasteiger partial charge on any atom is 0.263 e. The van der Waals surface area contributed by atoms with Crippen LogP contribution in [0.15, 0.2) is 47.5 Å². The Morgan fingerprint density at radius 3 is 2.45 bits per heavy atom. The molecule has 2 aromatic rings. The van der Waals surface area contributed by atoms with Crippen LogP contribution in [-0.2, 0) is 16.4 Å². The van der Waals surface area contributed by atoms with E-state index in [2.05, 4.69) is 16.6 Å². The van der Waals surface area contributed by atoms with E-state index in [0.29, 0.717) is 5.82 Å². The minimum absolute atomic E-state index is 0.251. The Bertz CT molecular complexity index is 679. The quantitative estimate of drug-likeness (QED) is 0.920. The number of rotatable bonds is 5. The van der Waals surface area contributed by atoms with Crippen LogP contribution < -0.4 is 4.72 Å². The molecule has 0 aliphatic rings. The van der Waals surface area contributed by atoms with E-state index in [1.165, 1.54) is 0 Å². The molecule has 0 bridgehead atoms. The lowest BCUT2D eigenvalue weighted by Crippen LogP contribution is -2.14. The first-order valence-corrected chi connectivity index (χ1v) is 8.04. The van der Waals surface area contributed by atoms with Gasteiger partial charge in [-0.2, -0.15) is 0 Å². The Morgan fingerprint density at radius 2 is 1.85 bits per heavy atom. The van der Waals surface area contributed by atoms with Gasteiger partial charge in [0.15, 0.2) is 0 Å². The van der Waals surface area contributed by atoms with E-state index in [1.807, 2.05) is 25.1 Å². The number of hydrogen-bond acceptors (Lipinski definition) is 3. The number of sulfonamides is 1. The van der Waals surface area contributed by atoms with E-state index >= 15 is 0 Å². The Kier molecular flexibility index (Phi) is 4.39. The van der Waals surface area contributed by atoms with Crippen molar-refractivity contribution in [1.82, 2.24) is 4.98 Å². The van der Waals surface area contributed by atoms with Crippen LogP contribution in [-0.4, -0.2) is 13.4 Å². The minimum Gasteiger partial charge on any atom is -0.263 e. The third-order valence-electron chi connectivity index (χ3n) is 2.93. The minimum atomic E-state index is -3.57. The standard InChI is InChI=1S/C15H18N2O2S/c1-3-4-13-5-7-14(8-6-13)20(18,19)17-15-11-12(2)9-10-16-15/h5-11H,3-4H2,1-2H3,(H,16,17). The summed E-state index contributed by atoms with van der Waals surface area (Å²) < 4.78 is 26.9. The molecule has 0 radical (unpaired) electrons. The summed E-state index contributed by atoms with van der Waals surface area (Å²) in [5, 5.41) is 0. The summed E-state index contributed by atoms with van der Waals surface area (Å²) in [4.78, 5) is 4.26. The normalized spacial score (nSPS) is 11.3.